The van der Waals surface area contributed by atoms with Crippen molar-refractivity contribution >= 4 is 11.6 Å². The molecule has 2 heteroatoms. The Morgan fingerprint density at radius 2 is 1.61 bits per heavy atom. The van der Waals surface area contributed by atoms with Crippen molar-refractivity contribution in [3.05, 3.63) is 71.0 Å². The van der Waals surface area contributed by atoms with E-state index in [1.807, 2.05) is 0 Å². The zero-order chi connectivity index (χ0) is 16.2. The van der Waals surface area contributed by atoms with Crippen LogP contribution >= 0.6 is 11.6 Å². The van der Waals surface area contributed by atoms with E-state index in [1.54, 1.807) is 12.1 Å². The minimum absolute atomic E-state index is 0.175. The summed E-state index contributed by atoms with van der Waals surface area (Å²) in [6.45, 7) is 2.10. The Kier molecular flexibility index (Phi) is 5.17. The van der Waals surface area contributed by atoms with E-state index in [0.29, 0.717) is 5.92 Å². The summed E-state index contributed by atoms with van der Waals surface area (Å²) in [6, 6.07) is 13.6. The normalized spacial score (nSPS) is 21.7. The molecule has 0 aromatic heterocycles. The lowest BCUT2D eigenvalue weighted by Gasteiger charge is -2.27. The van der Waals surface area contributed by atoms with Gasteiger partial charge in [-0.1, -0.05) is 54.1 Å². The van der Waals surface area contributed by atoms with Gasteiger partial charge in [0.1, 0.15) is 5.82 Å². The van der Waals surface area contributed by atoms with E-state index >= 15 is 0 Å². The fourth-order valence-corrected chi connectivity index (χ4v) is 3.72. The lowest BCUT2D eigenvalue weighted by Crippen LogP contribution is -2.11. The minimum Gasteiger partial charge on any atom is -0.205 e. The van der Waals surface area contributed by atoms with Gasteiger partial charge in [0.25, 0.3) is 0 Å². The maximum atomic E-state index is 13.3. The highest BCUT2D eigenvalue weighted by Crippen LogP contribution is 2.37. The standard InChI is InChI=1S/C21H22ClF/c1-2-3-15-4-6-16(7-5-15)17-8-10-18(11-9-17)19-12-13-21(23)20(22)14-19/h2-3,8-16H,4-7H2,1H3/b3-2+/t15-,16-. The zero-order valence-corrected chi connectivity index (χ0v) is 14.2. The van der Waals surface area contributed by atoms with Crippen LogP contribution in [0.15, 0.2) is 54.6 Å². The molecule has 3 rings (SSSR count). The molecule has 0 amide bonds. The van der Waals surface area contributed by atoms with Gasteiger partial charge in [0.05, 0.1) is 5.02 Å². The maximum absolute atomic E-state index is 13.3. The molecule has 23 heavy (non-hydrogen) atoms. The predicted octanol–water partition coefficient (Wildman–Crippen LogP) is 7.00. The third kappa shape index (κ3) is 3.84. The van der Waals surface area contributed by atoms with Crippen molar-refractivity contribution in [1.29, 1.82) is 0 Å². The van der Waals surface area contributed by atoms with Gasteiger partial charge in [-0.15, -0.1) is 0 Å². The summed E-state index contributed by atoms with van der Waals surface area (Å²) in [5.41, 5.74) is 3.46. The van der Waals surface area contributed by atoms with Gasteiger partial charge in [-0.2, -0.15) is 0 Å². The molecule has 0 bridgehead atoms. The summed E-state index contributed by atoms with van der Waals surface area (Å²) in [4.78, 5) is 0. The van der Waals surface area contributed by atoms with Gasteiger partial charge in [-0.05, 0) is 73.3 Å². The molecule has 1 aliphatic carbocycles. The third-order valence-electron chi connectivity index (χ3n) is 4.87. The van der Waals surface area contributed by atoms with Crippen LogP contribution in [0.4, 0.5) is 4.39 Å². The van der Waals surface area contributed by atoms with Gasteiger partial charge in [0.2, 0.25) is 0 Å². The molecule has 0 spiro atoms. The largest absolute Gasteiger partial charge is 0.205 e. The van der Waals surface area contributed by atoms with Crippen LogP contribution in [0.3, 0.4) is 0 Å². The Morgan fingerprint density at radius 3 is 2.22 bits per heavy atom. The summed E-state index contributed by atoms with van der Waals surface area (Å²) in [7, 11) is 0. The van der Waals surface area contributed by atoms with E-state index in [4.69, 9.17) is 11.6 Å². The predicted molar refractivity (Wildman–Crippen MR) is 96.4 cm³/mol. The van der Waals surface area contributed by atoms with Gasteiger partial charge >= 0.3 is 0 Å². The van der Waals surface area contributed by atoms with Crippen LogP contribution in [-0.4, -0.2) is 0 Å². The van der Waals surface area contributed by atoms with E-state index in [9.17, 15) is 4.39 Å². The number of allylic oxidation sites excluding steroid dienone is 2. The first-order chi connectivity index (χ1) is 11.2. The van der Waals surface area contributed by atoms with Crippen molar-refractivity contribution in [2.75, 3.05) is 0 Å². The SMILES string of the molecule is C/C=C/[C@H]1CC[C@H](c2ccc(-c3ccc(F)c(Cl)c3)cc2)CC1. The average molecular weight is 329 g/mol. The molecular formula is C21H22ClF. The Morgan fingerprint density at radius 1 is 0.957 bits per heavy atom. The zero-order valence-electron chi connectivity index (χ0n) is 13.4. The topological polar surface area (TPSA) is 0 Å². The van der Waals surface area contributed by atoms with Crippen molar-refractivity contribution in [3.63, 3.8) is 0 Å². The molecule has 0 nitrogen and oxygen atoms in total. The van der Waals surface area contributed by atoms with Gasteiger partial charge < -0.3 is 0 Å². The molecule has 0 heterocycles. The lowest BCUT2D eigenvalue weighted by molar-refractivity contribution is 0.376. The van der Waals surface area contributed by atoms with Crippen LogP contribution in [0.2, 0.25) is 5.02 Å². The molecule has 1 aliphatic rings. The first-order valence-electron chi connectivity index (χ1n) is 8.35. The Hall–Kier alpha value is -1.60. The Labute approximate surface area is 143 Å². The highest BCUT2D eigenvalue weighted by atomic mass is 35.5. The van der Waals surface area contributed by atoms with Gasteiger partial charge in [0.15, 0.2) is 0 Å². The molecule has 1 fully saturated rings. The molecule has 2 aromatic rings. The first-order valence-corrected chi connectivity index (χ1v) is 8.73. The number of benzene rings is 2. The van der Waals surface area contributed by atoms with E-state index in [0.717, 1.165) is 17.0 Å². The molecular weight excluding hydrogens is 307 g/mol. The fraction of sp³-hybridized carbons (Fsp3) is 0.333. The smallest absolute Gasteiger partial charge is 0.141 e. The van der Waals surface area contributed by atoms with E-state index in [2.05, 4.69) is 43.3 Å². The number of hydrogen-bond acceptors (Lipinski definition) is 0. The summed E-state index contributed by atoms with van der Waals surface area (Å²) < 4.78 is 13.3. The molecule has 0 radical (unpaired) electrons. The second-order valence-corrected chi connectivity index (χ2v) is 6.80. The molecule has 0 unspecified atom stereocenters. The highest BCUT2D eigenvalue weighted by molar-refractivity contribution is 6.31. The molecule has 120 valence electrons. The van der Waals surface area contributed by atoms with Crippen molar-refractivity contribution < 1.29 is 4.39 Å². The second kappa shape index (κ2) is 7.31. The van der Waals surface area contributed by atoms with Crippen LogP contribution < -0.4 is 0 Å². The van der Waals surface area contributed by atoms with Crippen LogP contribution in [0.25, 0.3) is 11.1 Å². The number of halogens is 2. The number of rotatable bonds is 3. The molecule has 0 N–H and O–H groups in total. The minimum atomic E-state index is -0.370. The van der Waals surface area contributed by atoms with Crippen LogP contribution in [0.1, 0.15) is 44.1 Å². The van der Waals surface area contributed by atoms with E-state index in [1.165, 1.54) is 37.3 Å². The second-order valence-electron chi connectivity index (χ2n) is 6.39. The monoisotopic (exact) mass is 328 g/mol. The highest BCUT2D eigenvalue weighted by Gasteiger charge is 2.20. The van der Waals surface area contributed by atoms with E-state index < -0.39 is 0 Å². The molecule has 2 aromatic carbocycles. The molecule has 0 atom stereocenters. The van der Waals surface area contributed by atoms with Gasteiger partial charge in [0, 0.05) is 0 Å². The van der Waals surface area contributed by atoms with E-state index in [-0.39, 0.29) is 10.8 Å². The summed E-state index contributed by atoms with van der Waals surface area (Å²) >= 11 is 5.88. The van der Waals surface area contributed by atoms with Gasteiger partial charge in [-0.3, -0.25) is 0 Å². The average Bonchev–Trinajstić information content (AvgIpc) is 2.59. The van der Waals surface area contributed by atoms with Crippen molar-refractivity contribution in [3.8, 4) is 11.1 Å². The summed E-state index contributed by atoms with van der Waals surface area (Å²) in [6.07, 6.45) is 9.60. The maximum Gasteiger partial charge on any atom is 0.141 e. The number of hydrogen-bond donors (Lipinski definition) is 0. The molecule has 0 saturated heterocycles. The first kappa shape index (κ1) is 16.3. The summed E-state index contributed by atoms with van der Waals surface area (Å²) in [5.74, 6) is 1.06. The van der Waals surface area contributed by atoms with Crippen LogP contribution in [0, 0.1) is 11.7 Å². The Bertz CT molecular complexity index is 679. The van der Waals surface area contributed by atoms with Gasteiger partial charge in [-0.25, -0.2) is 4.39 Å². The van der Waals surface area contributed by atoms with Crippen molar-refractivity contribution in [2.24, 2.45) is 5.92 Å². The molecule has 1 saturated carbocycles. The lowest BCUT2D eigenvalue weighted by atomic mass is 9.78. The van der Waals surface area contributed by atoms with Crippen LogP contribution in [-0.2, 0) is 0 Å². The van der Waals surface area contributed by atoms with Crippen molar-refractivity contribution in [2.45, 2.75) is 38.5 Å². The summed E-state index contributed by atoms with van der Waals surface area (Å²) in [5, 5.41) is 0.175. The Balaban J connectivity index is 1.71. The molecule has 0 aliphatic heterocycles. The quantitative estimate of drug-likeness (QED) is 0.532. The van der Waals surface area contributed by atoms with Crippen molar-refractivity contribution in [1.82, 2.24) is 0 Å². The fourth-order valence-electron chi connectivity index (χ4n) is 3.54. The third-order valence-corrected chi connectivity index (χ3v) is 5.16. The van der Waals surface area contributed by atoms with Crippen LogP contribution in [0.5, 0.6) is 0 Å².